The number of rotatable bonds is 5. The Kier molecular flexibility index (Phi) is 8.12. The summed E-state index contributed by atoms with van der Waals surface area (Å²) in [5, 5.41) is 3.15. The van der Waals surface area contributed by atoms with Crippen LogP contribution in [0.3, 0.4) is 0 Å². The highest BCUT2D eigenvalue weighted by Gasteiger charge is 2.40. The lowest BCUT2D eigenvalue weighted by molar-refractivity contribution is -0.123. The monoisotopic (exact) mass is 535 g/mol. The van der Waals surface area contributed by atoms with Crippen LogP contribution in [0.25, 0.3) is 0 Å². The molecule has 1 N–H and O–H groups in total. The van der Waals surface area contributed by atoms with Gasteiger partial charge in [-0.3, -0.25) is 9.59 Å². The summed E-state index contributed by atoms with van der Waals surface area (Å²) in [4.78, 5) is 31.1. The van der Waals surface area contributed by atoms with Gasteiger partial charge in [0.15, 0.2) is 0 Å². The first-order valence-electron chi connectivity index (χ1n) is 12.9. The molecule has 2 amide bonds. The Morgan fingerprint density at radius 3 is 2.34 bits per heavy atom. The Hall–Kier alpha value is -3.38. The van der Waals surface area contributed by atoms with Crippen LogP contribution in [0.1, 0.15) is 61.1 Å². The summed E-state index contributed by atoms with van der Waals surface area (Å²) < 4.78 is 14.8. The zero-order chi connectivity index (χ0) is 27.6. The molecule has 5 nitrogen and oxygen atoms in total. The predicted molar refractivity (Wildman–Crippen MR) is 152 cm³/mol. The van der Waals surface area contributed by atoms with Crippen molar-refractivity contribution in [3.8, 4) is 0 Å². The molecule has 0 aliphatic carbocycles. The van der Waals surface area contributed by atoms with Crippen molar-refractivity contribution in [3.05, 3.63) is 94.3 Å². The lowest BCUT2D eigenvalue weighted by atomic mass is 9.83. The van der Waals surface area contributed by atoms with Crippen molar-refractivity contribution >= 4 is 34.8 Å². The Morgan fingerprint density at radius 2 is 1.71 bits per heavy atom. The van der Waals surface area contributed by atoms with Gasteiger partial charge < -0.3 is 15.1 Å². The minimum absolute atomic E-state index is 0.0577. The number of anilines is 2. The number of nitrogens with zero attached hydrogens (tertiary/aromatic N) is 2. The second kappa shape index (κ2) is 11.2. The number of hydrogen-bond donors (Lipinski definition) is 1. The average Bonchev–Trinajstić information content (AvgIpc) is 2.87. The fraction of sp³-hybridized carbons (Fsp3) is 0.355. The van der Waals surface area contributed by atoms with E-state index in [0.29, 0.717) is 25.1 Å². The molecule has 1 saturated heterocycles. The minimum Gasteiger partial charge on any atom is -0.378 e. The van der Waals surface area contributed by atoms with Crippen LogP contribution in [0, 0.1) is 11.7 Å². The Labute approximate surface area is 229 Å². The number of carbonyl (C=O) groups excluding carboxylic acids is 2. The lowest BCUT2D eigenvalue weighted by Crippen LogP contribution is -2.46. The smallest absolute Gasteiger partial charge is 0.258 e. The van der Waals surface area contributed by atoms with Crippen LogP contribution in [0.15, 0.2) is 66.7 Å². The summed E-state index contributed by atoms with van der Waals surface area (Å²) in [6.45, 7) is 6.77. The van der Waals surface area contributed by atoms with Crippen LogP contribution >= 0.6 is 11.6 Å². The van der Waals surface area contributed by atoms with Crippen LogP contribution < -0.4 is 10.2 Å². The van der Waals surface area contributed by atoms with Gasteiger partial charge in [0.2, 0.25) is 5.91 Å². The second-order valence-corrected chi connectivity index (χ2v) is 11.5. The third-order valence-electron chi connectivity index (χ3n) is 7.15. The molecule has 7 heteroatoms. The predicted octanol–water partition coefficient (Wildman–Crippen LogP) is 7.07. The van der Waals surface area contributed by atoms with Gasteiger partial charge >= 0.3 is 0 Å². The largest absolute Gasteiger partial charge is 0.378 e. The van der Waals surface area contributed by atoms with Crippen molar-refractivity contribution in [1.29, 1.82) is 0 Å². The van der Waals surface area contributed by atoms with Crippen LogP contribution in [0.5, 0.6) is 0 Å². The number of carbonyl (C=O) groups is 2. The number of nitrogens with one attached hydrogen (secondary N) is 1. The number of piperidine rings is 1. The molecule has 4 rings (SSSR count). The van der Waals surface area contributed by atoms with Gasteiger partial charge in [-0.25, -0.2) is 4.39 Å². The van der Waals surface area contributed by atoms with E-state index in [1.807, 2.05) is 67.5 Å². The summed E-state index contributed by atoms with van der Waals surface area (Å²) in [6, 6.07) is 19.3. The van der Waals surface area contributed by atoms with Crippen molar-refractivity contribution in [1.82, 2.24) is 4.90 Å². The van der Waals surface area contributed by atoms with Gasteiger partial charge in [-0.15, -0.1) is 0 Å². The van der Waals surface area contributed by atoms with Crippen LogP contribution in [-0.2, 0) is 10.2 Å². The molecule has 2 atom stereocenters. The SMILES string of the molecule is CN(C)c1ccc(C2C(C(=O)Nc3cccc(C(C)(C)C)c3)CCCN2C(=O)c2c(F)cccc2Cl)cc1. The topological polar surface area (TPSA) is 52.7 Å². The molecule has 3 aromatic rings. The van der Waals surface area contributed by atoms with E-state index in [4.69, 9.17) is 11.6 Å². The summed E-state index contributed by atoms with van der Waals surface area (Å²) in [5.41, 5.74) is 3.41. The summed E-state index contributed by atoms with van der Waals surface area (Å²) in [7, 11) is 3.90. The van der Waals surface area contributed by atoms with Gasteiger partial charge in [0, 0.05) is 32.0 Å². The maximum atomic E-state index is 14.8. The summed E-state index contributed by atoms with van der Waals surface area (Å²) >= 11 is 6.28. The molecule has 0 bridgehead atoms. The van der Waals surface area contributed by atoms with Crippen LogP contribution in [-0.4, -0.2) is 37.4 Å². The zero-order valence-electron chi connectivity index (χ0n) is 22.6. The number of hydrogen-bond acceptors (Lipinski definition) is 3. The van der Waals surface area contributed by atoms with Crippen LogP contribution in [0.2, 0.25) is 5.02 Å². The first-order chi connectivity index (χ1) is 18.0. The molecule has 0 spiro atoms. The minimum atomic E-state index is -0.672. The quantitative estimate of drug-likeness (QED) is 0.380. The molecule has 0 saturated carbocycles. The van der Waals surface area contributed by atoms with Crippen molar-refractivity contribution in [2.24, 2.45) is 5.92 Å². The van der Waals surface area contributed by atoms with E-state index < -0.39 is 23.7 Å². The fourth-order valence-corrected chi connectivity index (χ4v) is 5.27. The Balaban J connectivity index is 1.72. The van der Waals surface area contributed by atoms with E-state index in [9.17, 15) is 14.0 Å². The Morgan fingerprint density at radius 1 is 1.03 bits per heavy atom. The van der Waals surface area contributed by atoms with E-state index in [2.05, 4.69) is 26.1 Å². The number of amides is 2. The molecule has 38 heavy (non-hydrogen) atoms. The highest BCUT2D eigenvalue weighted by atomic mass is 35.5. The van der Waals surface area contributed by atoms with Crippen molar-refractivity contribution in [3.63, 3.8) is 0 Å². The highest BCUT2D eigenvalue weighted by molar-refractivity contribution is 6.33. The van der Waals surface area contributed by atoms with E-state index in [1.54, 1.807) is 4.90 Å². The molecule has 2 unspecified atom stereocenters. The first kappa shape index (κ1) is 27.6. The molecule has 3 aromatic carbocycles. The van der Waals surface area contributed by atoms with Gasteiger partial charge in [-0.1, -0.05) is 62.7 Å². The first-order valence-corrected chi connectivity index (χ1v) is 13.3. The number of halogens is 2. The summed E-state index contributed by atoms with van der Waals surface area (Å²) in [6.07, 6.45) is 1.21. The lowest BCUT2D eigenvalue weighted by Gasteiger charge is -2.41. The molecular formula is C31H35ClFN3O2. The maximum Gasteiger partial charge on any atom is 0.258 e. The molecule has 1 heterocycles. The summed E-state index contributed by atoms with van der Waals surface area (Å²) in [5.74, 6) is -1.88. The number of likely N-dealkylation sites (tertiary alicyclic amines) is 1. The molecule has 1 aliphatic heterocycles. The molecule has 1 fully saturated rings. The molecule has 0 radical (unpaired) electrons. The van der Waals surface area contributed by atoms with Crippen molar-refractivity contribution < 1.29 is 14.0 Å². The third kappa shape index (κ3) is 5.86. The van der Waals surface area contributed by atoms with Crippen LogP contribution in [0.4, 0.5) is 15.8 Å². The normalized spacial score (nSPS) is 17.7. The maximum absolute atomic E-state index is 14.8. The van der Waals surface area contributed by atoms with Crippen molar-refractivity contribution in [2.45, 2.75) is 45.1 Å². The standard InChI is InChI=1S/C31H35ClFN3O2/c1-31(2,3)21-9-6-10-22(19-21)34-29(37)24-11-8-18-36(30(38)27-25(32)12-7-13-26(27)33)28(24)20-14-16-23(17-15-20)35(4)5/h6-7,9-10,12-17,19,24,28H,8,11,18H2,1-5H3,(H,34,37). The van der Waals surface area contributed by atoms with Gasteiger partial charge in [0.1, 0.15) is 5.82 Å². The van der Waals surface area contributed by atoms with E-state index in [1.165, 1.54) is 18.2 Å². The molecule has 1 aliphatic rings. The third-order valence-corrected chi connectivity index (χ3v) is 7.47. The number of benzene rings is 3. The highest BCUT2D eigenvalue weighted by Crippen LogP contribution is 2.39. The van der Waals surface area contributed by atoms with E-state index in [-0.39, 0.29) is 21.9 Å². The Bertz CT molecular complexity index is 1300. The molecule has 200 valence electrons. The average molecular weight is 536 g/mol. The molecular weight excluding hydrogens is 501 g/mol. The van der Waals surface area contributed by atoms with Crippen molar-refractivity contribution in [2.75, 3.05) is 30.9 Å². The van der Waals surface area contributed by atoms with Gasteiger partial charge in [0.25, 0.3) is 5.91 Å². The zero-order valence-corrected chi connectivity index (χ0v) is 23.3. The second-order valence-electron chi connectivity index (χ2n) is 11.1. The van der Waals surface area contributed by atoms with E-state index >= 15 is 0 Å². The van der Waals surface area contributed by atoms with Gasteiger partial charge in [-0.2, -0.15) is 0 Å². The van der Waals surface area contributed by atoms with E-state index in [0.717, 1.165) is 16.8 Å². The van der Waals surface area contributed by atoms with Gasteiger partial charge in [-0.05, 0) is 65.8 Å². The van der Waals surface area contributed by atoms with Gasteiger partial charge in [0.05, 0.1) is 22.5 Å². The molecule has 0 aromatic heterocycles. The fourth-order valence-electron chi connectivity index (χ4n) is 5.02.